The molecule has 1 aromatic carbocycles. The molecular formula is C21H22ClFN4OS. The number of hydrogen-bond donors (Lipinski definition) is 1. The fourth-order valence-electron chi connectivity index (χ4n) is 4.29. The first kappa shape index (κ1) is 19.2. The molecule has 0 radical (unpaired) electrons. The Kier molecular flexibility index (Phi) is 5.39. The minimum atomic E-state index is -0.427. The molecule has 1 aliphatic heterocycles. The number of benzene rings is 1. The van der Waals surface area contributed by atoms with Gasteiger partial charge in [-0.15, -0.1) is 11.3 Å². The molecule has 2 aromatic heterocycles. The number of aromatic nitrogens is 2. The van der Waals surface area contributed by atoms with E-state index in [1.54, 1.807) is 29.8 Å². The number of ether oxygens (including phenoxy) is 1. The number of nitrogens with zero attached hydrogens (tertiary/aromatic N) is 3. The first-order valence-corrected chi connectivity index (χ1v) is 11.1. The molecule has 1 aliphatic carbocycles. The van der Waals surface area contributed by atoms with Crippen LogP contribution in [0.5, 0.6) is 0 Å². The maximum Gasteiger partial charge on any atom is 0.142 e. The number of morpholine rings is 1. The molecule has 3 heterocycles. The molecule has 0 amide bonds. The van der Waals surface area contributed by atoms with Crippen LogP contribution in [0, 0.1) is 11.7 Å². The van der Waals surface area contributed by atoms with Crippen LogP contribution in [0.4, 0.5) is 15.9 Å². The number of nitrogens with one attached hydrogen (secondary N) is 1. The molecule has 0 spiro atoms. The van der Waals surface area contributed by atoms with Gasteiger partial charge in [-0.2, -0.15) is 0 Å². The lowest BCUT2D eigenvalue weighted by Crippen LogP contribution is -2.40. The Morgan fingerprint density at radius 1 is 1.28 bits per heavy atom. The number of halogens is 2. The second-order valence-electron chi connectivity index (χ2n) is 7.68. The highest BCUT2D eigenvalue weighted by atomic mass is 35.5. The Morgan fingerprint density at radius 2 is 2.14 bits per heavy atom. The molecule has 29 heavy (non-hydrogen) atoms. The van der Waals surface area contributed by atoms with Crippen molar-refractivity contribution in [2.75, 3.05) is 38.2 Å². The Balaban J connectivity index is 1.40. The summed E-state index contributed by atoms with van der Waals surface area (Å²) in [7, 11) is 0. The molecule has 1 N–H and O–H groups in total. The van der Waals surface area contributed by atoms with E-state index >= 15 is 0 Å². The third kappa shape index (κ3) is 3.97. The third-order valence-corrected chi connectivity index (χ3v) is 7.20. The Hall–Kier alpha value is -1.80. The van der Waals surface area contributed by atoms with Crippen LogP contribution in [0.2, 0.25) is 5.02 Å². The Bertz CT molecular complexity index is 1040. The van der Waals surface area contributed by atoms with E-state index < -0.39 is 5.82 Å². The molecule has 8 heteroatoms. The molecule has 0 bridgehead atoms. The lowest BCUT2D eigenvalue weighted by molar-refractivity contribution is 0.0297. The quantitative estimate of drug-likeness (QED) is 0.649. The summed E-state index contributed by atoms with van der Waals surface area (Å²) in [6, 6.07) is 4.62. The minimum absolute atomic E-state index is 0.0959. The number of aryl methyl sites for hydroxylation is 1. The molecular weight excluding hydrogens is 411 g/mol. The SMILES string of the molecule is Fc1ccc(Nc2ncnc3sc4c(c23)CCC(CN2CCOCC2)C4)cc1Cl. The standard InChI is InChI=1S/C21H22ClFN4OS/c22-16-10-14(2-4-17(16)23)26-20-19-15-3-1-13(11-27-5-7-28-8-6-27)9-18(15)29-21(19)25-12-24-20/h2,4,10,12-13H,1,3,5-9,11H2,(H,24,25,26). The molecule has 5 nitrogen and oxygen atoms in total. The predicted octanol–water partition coefficient (Wildman–Crippen LogP) is 4.66. The summed E-state index contributed by atoms with van der Waals surface area (Å²) in [4.78, 5) is 13.9. The van der Waals surface area contributed by atoms with E-state index in [-0.39, 0.29) is 5.02 Å². The van der Waals surface area contributed by atoms with Crippen LogP contribution >= 0.6 is 22.9 Å². The lowest BCUT2D eigenvalue weighted by Gasteiger charge is -2.32. The van der Waals surface area contributed by atoms with E-state index in [2.05, 4.69) is 20.2 Å². The van der Waals surface area contributed by atoms with Crippen molar-refractivity contribution in [3.05, 3.63) is 45.8 Å². The van der Waals surface area contributed by atoms with Gasteiger partial charge in [0.25, 0.3) is 0 Å². The van der Waals surface area contributed by atoms with Crippen molar-refractivity contribution in [1.29, 1.82) is 0 Å². The maximum absolute atomic E-state index is 13.5. The van der Waals surface area contributed by atoms with E-state index in [1.807, 2.05) is 0 Å². The molecule has 0 saturated carbocycles. The van der Waals surface area contributed by atoms with Gasteiger partial charge in [-0.1, -0.05) is 11.6 Å². The number of hydrogen-bond acceptors (Lipinski definition) is 6. The fraction of sp³-hybridized carbons (Fsp3) is 0.429. The van der Waals surface area contributed by atoms with Crippen LogP contribution in [0.1, 0.15) is 16.9 Å². The molecule has 152 valence electrons. The fourth-order valence-corrected chi connectivity index (χ4v) is 5.77. The summed E-state index contributed by atoms with van der Waals surface area (Å²) in [5, 5.41) is 4.50. The van der Waals surface area contributed by atoms with E-state index in [0.717, 1.165) is 67.4 Å². The number of anilines is 2. The van der Waals surface area contributed by atoms with Gasteiger partial charge in [-0.3, -0.25) is 4.90 Å². The summed E-state index contributed by atoms with van der Waals surface area (Å²) in [5.41, 5.74) is 2.08. The smallest absolute Gasteiger partial charge is 0.142 e. The van der Waals surface area contributed by atoms with Gasteiger partial charge in [0, 0.05) is 30.2 Å². The predicted molar refractivity (Wildman–Crippen MR) is 115 cm³/mol. The van der Waals surface area contributed by atoms with E-state index in [4.69, 9.17) is 16.3 Å². The molecule has 1 saturated heterocycles. The van der Waals surface area contributed by atoms with Gasteiger partial charge in [0.05, 0.1) is 23.6 Å². The number of thiophene rings is 1. The summed E-state index contributed by atoms with van der Waals surface area (Å²) in [6.45, 7) is 4.91. The normalized spacial score (nSPS) is 20.0. The van der Waals surface area contributed by atoms with Gasteiger partial charge in [0.1, 0.15) is 22.8 Å². The Labute approximate surface area is 177 Å². The van der Waals surface area contributed by atoms with Gasteiger partial charge in [-0.25, -0.2) is 14.4 Å². The number of rotatable bonds is 4. The average Bonchev–Trinajstić information content (AvgIpc) is 3.10. The van der Waals surface area contributed by atoms with Gasteiger partial charge in [-0.05, 0) is 48.9 Å². The monoisotopic (exact) mass is 432 g/mol. The molecule has 1 fully saturated rings. The molecule has 1 atom stereocenters. The molecule has 1 unspecified atom stereocenters. The highest BCUT2D eigenvalue weighted by molar-refractivity contribution is 7.19. The van der Waals surface area contributed by atoms with E-state index in [9.17, 15) is 4.39 Å². The van der Waals surface area contributed by atoms with Crippen molar-refractivity contribution in [2.24, 2.45) is 5.92 Å². The van der Waals surface area contributed by atoms with Crippen LogP contribution in [0.3, 0.4) is 0 Å². The molecule has 2 aliphatic rings. The summed E-state index contributed by atoms with van der Waals surface area (Å²) >= 11 is 7.71. The van der Waals surface area contributed by atoms with Crippen molar-refractivity contribution in [2.45, 2.75) is 19.3 Å². The van der Waals surface area contributed by atoms with Gasteiger partial charge in [0.2, 0.25) is 0 Å². The largest absolute Gasteiger partial charge is 0.379 e. The zero-order valence-electron chi connectivity index (χ0n) is 16.0. The highest BCUT2D eigenvalue weighted by Gasteiger charge is 2.27. The van der Waals surface area contributed by atoms with Crippen molar-refractivity contribution in [3.8, 4) is 0 Å². The van der Waals surface area contributed by atoms with Crippen molar-refractivity contribution in [3.63, 3.8) is 0 Å². The summed E-state index contributed by atoms with van der Waals surface area (Å²) < 4.78 is 18.9. The maximum atomic E-state index is 13.5. The Morgan fingerprint density at radius 3 is 2.97 bits per heavy atom. The summed E-state index contributed by atoms with van der Waals surface area (Å²) in [5.74, 6) is 1.01. The second kappa shape index (κ2) is 8.14. The van der Waals surface area contributed by atoms with Crippen molar-refractivity contribution < 1.29 is 9.13 Å². The van der Waals surface area contributed by atoms with Gasteiger partial charge in [0.15, 0.2) is 0 Å². The van der Waals surface area contributed by atoms with E-state index in [1.165, 1.54) is 22.9 Å². The van der Waals surface area contributed by atoms with Crippen LogP contribution < -0.4 is 5.32 Å². The zero-order valence-corrected chi connectivity index (χ0v) is 17.5. The first-order chi connectivity index (χ1) is 14.2. The molecule has 3 aromatic rings. The van der Waals surface area contributed by atoms with Crippen molar-refractivity contribution in [1.82, 2.24) is 14.9 Å². The highest BCUT2D eigenvalue weighted by Crippen LogP contribution is 2.40. The summed E-state index contributed by atoms with van der Waals surface area (Å²) in [6.07, 6.45) is 4.89. The van der Waals surface area contributed by atoms with Crippen LogP contribution in [-0.2, 0) is 17.6 Å². The van der Waals surface area contributed by atoms with Crippen LogP contribution in [0.25, 0.3) is 10.2 Å². The zero-order chi connectivity index (χ0) is 19.8. The van der Waals surface area contributed by atoms with Crippen LogP contribution in [0.15, 0.2) is 24.5 Å². The van der Waals surface area contributed by atoms with Crippen LogP contribution in [-0.4, -0.2) is 47.7 Å². The first-order valence-electron chi connectivity index (χ1n) is 9.95. The topological polar surface area (TPSA) is 50.3 Å². The lowest BCUT2D eigenvalue weighted by atomic mass is 9.87. The third-order valence-electron chi connectivity index (χ3n) is 5.75. The average molecular weight is 433 g/mol. The second-order valence-corrected chi connectivity index (χ2v) is 9.17. The number of fused-ring (bicyclic) bond motifs is 3. The van der Waals surface area contributed by atoms with E-state index in [0.29, 0.717) is 5.92 Å². The minimum Gasteiger partial charge on any atom is -0.379 e. The molecule has 5 rings (SSSR count). The van der Waals surface area contributed by atoms with Gasteiger partial charge >= 0.3 is 0 Å². The van der Waals surface area contributed by atoms with Crippen molar-refractivity contribution >= 4 is 44.7 Å². The van der Waals surface area contributed by atoms with Gasteiger partial charge < -0.3 is 10.1 Å².